The Morgan fingerprint density at radius 1 is 0.935 bits per heavy atom. The Bertz CT molecular complexity index is 1040. The smallest absolute Gasteiger partial charge is 0.338 e. The summed E-state index contributed by atoms with van der Waals surface area (Å²) in [6.45, 7) is 1.86. The summed E-state index contributed by atoms with van der Waals surface area (Å²) >= 11 is 1.34. The van der Waals surface area contributed by atoms with Crippen molar-refractivity contribution in [3.8, 4) is 5.75 Å². The molecule has 1 heterocycles. The van der Waals surface area contributed by atoms with E-state index in [1.807, 2.05) is 42.5 Å². The van der Waals surface area contributed by atoms with E-state index in [2.05, 4.69) is 5.32 Å². The lowest BCUT2D eigenvalue weighted by Crippen LogP contribution is -2.22. The van der Waals surface area contributed by atoms with Gasteiger partial charge in [-0.1, -0.05) is 36.4 Å². The van der Waals surface area contributed by atoms with Crippen molar-refractivity contribution in [1.82, 2.24) is 5.32 Å². The number of para-hydroxylation sites is 1. The zero-order valence-corrected chi connectivity index (χ0v) is 17.9. The molecule has 0 aliphatic rings. The molecule has 0 fully saturated rings. The average molecular weight is 438 g/mol. The van der Waals surface area contributed by atoms with Crippen LogP contribution in [-0.2, 0) is 22.6 Å². The molecule has 31 heavy (non-hydrogen) atoms. The minimum Gasteiger partial charge on any atom is -0.489 e. The zero-order chi connectivity index (χ0) is 22.1. The second-order valence-corrected chi connectivity index (χ2v) is 7.93. The van der Waals surface area contributed by atoms with Crippen molar-refractivity contribution in [3.63, 3.8) is 0 Å². The standard InChI is InChI=1S/C24H23NO5S/c1-17(26)25-14-13-20-11-12-23(31-20)22(27)16-30-24(28)21-10-6-5-7-18(21)15-29-19-8-3-2-4-9-19/h2-12H,13-16H2,1H3,(H,25,26). The normalized spacial score (nSPS) is 10.4. The SMILES string of the molecule is CC(=O)NCCc1ccc(C(=O)COC(=O)c2ccccc2COc2ccccc2)s1. The van der Waals surface area contributed by atoms with Crippen LogP contribution >= 0.6 is 11.3 Å². The van der Waals surface area contributed by atoms with Gasteiger partial charge < -0.3 is 14.8 Å². The van der Waals surface area contributed by atoms with Crippen molar-refractivity contribution in [2.45, 2.75) is 20.0 Å². The first kappa shape index (κ1) is 22.2. The molecule has 0 saturated carbocycles. The predicted octanol–water partition coefficient (Wildman–Crippen LogP) is 4.05. The molecule has 3 aromatic rings. The summed E-state index contributed by atoms with van der Waals surface area (Å²) in [6, 6.07) is 19.9. The van der Waals surface area contributed by atoms with Crippen LogP contribution in [0.4, 0.5) is 0 Å². The van der Waals surface area contributed by atoms with Crippen LogP contribution in [0.1, 0.15) is 37.4 Å². The number of carbonyl (C=O) groups is 3. The summed E-state index contributed by atoms with van der Waals surface area (Å²) < 4.78 is 11.0. The lowest BCUT2D eigenvalue weighted by molar-refractivity contribution is -0.118. The Kier molecular flexibility index (Phi) is 7.95. The van der Waals surface area contributed by atoms with Gasteiger partial charge in [0.15, 0.2) is 6.61 Å². The second-order valence-electron chi connectivity index (χ2n) is 6.76. The van der Waals surface area contributed by atoms with E-state index in [0.29, 0.717) is 34.7 Å². The number of carbonyl (C=O) groups excluding carboxylic acids is 3. The van der Waals surface area contributed by atoms with Gasteiger partial charge in [-0.15, -0.1) is 11.3 Å². The van der Waals surface area contributed by atoms with Gasteiger partial charge in [-0.25, -0.2) is 4.79 Å². The van der Waals surface area contributed by atoms with E-state index in [9.17, 15) is 14.4 Å². The Morgan fingerprint density at radius 3 is 2.45 bits per heavy atom. The Hall–Kier alpha value is -3.45. The zero-order valence-electron chi connectivity index (χ0n) is 17.1. The molecule has 0 aliphatic carbocycles. The minimum atomic E-state index is -0.567. The summed E-state index contributed by atoms with van der Waals surface area (Å²) in [5.41, 5.74) is 1.05. The lowest BCUT2D eigenvalue weighted by atomic mass is 10.1. The fraction of sp³-hybridized carbons (Fsp3) is 0.208. The number of ketones is 1. The van der Waals surface area contributed by atoms with E-state index >= 15 is 0 Å². The summed E-state index contributed by atoms with van der Waals surface area (Å²) in [6.07, 6.45) is 0.645. The summed E-state index contributed by atoms with van der Waals surface area (Å²) in [5.74, 6) is -0.215. The molecule has 1 amide bonds. The average Bonchev–Trinajstić information content (AvgIpc) is 3.25. The minimum absolute atomic E-state index is 0.0887. The number of ether oxygens (including phenoxy) is 2. The van der Waals surface area contributed by atoms with Gasteiger partial charge >= 0.3 is 5.97 Å². The van der Waals surface area contributed by atoms with Gasteiger partial charge in [0.2, 0.25) is 11.7 Å². The molecule has 0 atom stereocenters. The van der Waals surface area contributed by atoms with Crippen LogP contribution in [0, 0.1) is 0 Å². The maximum Gasteiger partial charge on any atom is 0.338 e. The Balaban J connectivity index is 1.54. The van der Waals surface area contributed by atoms with E-state index in [0.717, 1.165) is 4.88 Å². The van der Waals surface area contributed by atoms with Gasteiger partial charge in [-0.05, 0) is 36.8 Å². The number of rotatable bonds is 10. The number of benzene rings is 2. The van der Waals surface area contributed by atoms with Crippen molar-refractivity contribution in [2.24, 2.45) is 0 Å². The molecule has 0 radical (unpaired) electrons. The van der Waals surface area contributed by atoms with E-state index in [1.165, 1.54) is 18.3 Å². The van der Waals surface area contributed by atoms with E-state index in [-0.39, 0.29) is 24.9 Å². The van der Waals surface area contributed by atoms with Gasteiger partial charge in [0.1, 0.15) is 12.4 Å². The molecule has 3 rings (SSSR count). The molecular formula is C24H23NO5S. The third-order valence-corrected chi connectivity index (χ3v) is 5.58. The first-order valence-corrected chi connectivity index (χ1v) is 10.6. The highest BCUT2D eigenvalue weighted by Gasteiger charge is 2.16. The fourth-order valence-corrected chi connectivity index (χ4v) is 3.76. The van der Waals surface area contributed by atoms with Crippen LogP contribution in [-0.4, -0.2) is 30.8 Å². The van der Waals surface area contributed by atoms with Crippen molar-refractivity contribution in [1.29, 1.82) is 0 Å². The molecule has 6 nitrogen and oxygen atoms in total. The van der Waals surface area contributed by atoms with Crippen molar-refractivity contribution < 1.29 is 23.9 Å². The highest BCUT2D eigenvalue weighted by molar-refractivity contribution is 7.14. The van der Waals surface area contributed by atoms with Gasteiger partial charge in [0.25, 0.3) is 0 Å². The van der Waals surface area contributed by atoms with E-state index in [1.54, 1.807) is 24.3 Å². The molecule has 1 N–H and O–H groups in total. The van der Waals surface area contributed by atoms with E-state index < -0.39 is 5.97 Å². The third kappa shape index (κ3) is 6.79. The molecule has 0 unspecified atom stereocenters. The highest BCUT2D eigenvalue weighted by Crippen LogP contribution is 2.19. The molecule has 160 valence electrons. The van der Waals surface area contributed by atoms with Crippen molar-refractivity contribution in [2.75, 3.05) is 13.2 Å². The number of esters is 1. The van der Waals surface area contributed by atoms with Crippen molar-refractivity contribution >= 4 is 29.0 Å². The van der Waals surface area contributed by atoms with Gasteiger partial charge in [-0.3, -0.25) is 9.59 Å². The molecule has 0 spiro atoms. The summed E-state index contributed by atoms with van der Waals surface area (Å²) in [5, 5.41) is 2.72. The van der Waals surface area contributed by atoms with Crippen LogP contribution in [0.3, 0.4) is 0 Å². The van der Waals surface area contributed by atoms with Gasteiger partial charge in [0.05, 0.1) is 10.4 Å². The van der Waals surface area contributed by atoms with Crippen LogP contribution in [0.5, 0.6) is 5.75 Å². The topological polar surface area (TPSA) is 81.7 Å². The maximum atomic E-state index is 12.6. The molecule has 0 aliphatic heterocycles. The quantitative estimate of drug-likeness (QED) is 0.382. The van der Waals surface area contributed by atoms with E-state index in [4.69, 9.17) is 9.47 Å². The molecule has 7 heteroatoms. The predicted molar refractivity (Wildman–Crippen MR) is 119 cm³/mol. The molecule has 2 aromatic carbocycles. The monoisotopic (exact) mass is 437 g/mol. The second kappa shape index (κ2) is 11.1. The summed E-state index contributed by atoms with van der Waals surface area (Å²) in [7, 11) is 0. The highest BCUT2D eigenvalue weighted by atomic mass is 32.1. The van der Waals surface area contributed by atoms with Crippen LogP contribution in [0.2, 0.25) is 0 Å². The van der Waals surface area contributed by atoms with Crippen LogP contribution < -0.4 is 10.1 Å². The number of nitrogens with one attached hydrogen (secondary N) is 1. The Labute approximate surface area is 184 Å². The van der Waals surface area contributed by atoms with Crippen molar-refractivity contribution in [3.05, 3.63) is 87.6 Å². The van der Waals surface area contributed by atoms with Crippen LogP contribution in [0.25, 0.3) is 0 Å². The number of hydrogen-bond donors (Lipinski definition) is 1. The fourth-order valence-electron chi connectivity index (χ4n) is 2.83. The Morgan fingerprint density at radius 2 is 1.68 bits per heavy atom. The summed E-state index contributed by atoms with van der Waals surface area (Å²) in [4.78, 5) is 37.4. The number of amides is 1. The molecule has 1 aromatic heterocycles. The van der Waals surface area contributed by atoms with Gasteiger partial charge in [0, 0.05) is 23.9 Å². The van der Waals surface area contributed by atoms with Gasteiger partial charge in [-0.2, -0.15) is 0 Å². The third-order valence-electron chi connectivity index (χ3n) is 4.39. The first-order chi connectivity index (χ1) is 15.0. The maximum absolute atomic E-state index is 12.6. The van der Waals surface area contributed by atoms with Crippen LogP contribution in [0.15, 0.2) is 66.7 Å². The largest absolute Gasteiger partial charge is 0.489 e. The first-order valence-electron chi connectivity index (χ1n) is 9.82. The number of thiophene rings is 1. The molecule has 0 saturated heterocycles. The molecular weight excluding hydrogens is 414 g/mol. The number of hydrogen-bond acceptors (Lipinski definition) is 6. The molecule has 0 bridgehead atoms. The number of Topliss-reactive ketones (excluding diaryl/α,β-unsaturated/α-hetero) is 1. The lowest BCUT2D eigenvalue weighted by Gasteiger charge is -2.10.